The van der Waals surface area contributed by atoms with Crippen LogP contribution in [0, 0.1) is 0 Å². The molecule has 30 heavy (non-hydrogen) atoms. The van der Waals surface area contributed by atoms with Gasteiger partial charge in [0, 0.05) is 20.3 Å². The summed E-state index contributed by atoms with van der Waals surface area (Å²) in [5, 5.41) is 7.29. The summed E-state index contributed by atoms with van der Waals surface area (Å²) in [6.45, 7) is 6.84. The topological polar surface area (TPSA) is 25.8 Å². The van der Waals surface area contributed by atoms with E-state index in [0.717, 1.165) is 11.2 Å². The number of rotatable bonds is 1. The van der Waals surface area contributed by atoms with Gasteiger partial charge in [-0.05, 0) is 56.8 Å². The fourth-order valence-electron chi connectivity index (χ4n) is 4.36. The Morgan fingerprint density at radius 2 is 1.70 bits per heavy atom. The minimum Gasteiger partial charge on any atom is -0.235 e. The predicted molar refractivity (Wildman–Crippen MR) is 132 cm³/mol. The summed E-state index contributed by atoms with van der Waals surface area (Å²) in [7, 11) is 0. The number of benzene rings is 3. The van der Waals surface area contributed by atoms with Gasteiger partial charge in [0.2, 0.25) is 0 Å². The minimum atomic E-state index is 0.0467. The fourth-order valence-corrected chi connectivity index (χ4v) is 6.54. The SMILES string of the molecule is CC(C)(C)c1cc(-c2ncnc3c2sc2ccc4ccsc4c23)cc2ccccc12. The zero-order chi connectivity index (χ0) is 20.5. The van der Waals surface area contributed by atoms with Crippen molar-refractivity contribution in [2.75, 3.05) is 0 Å². The van der Waals surface area contributed by atoms with Gasteiger partial charge < -0.3 is 0 Å². The van der Waals surface area contributed by atoms with Gasteiger partial charge in [0.05, 0.1) is 15.9 Å². The van der Waals surface area contributed by atoms with Crippen molar-refractivity contribution in [1.29, 1.82) is 0 Å². The van der Waals surface area contributed by atoms with E-state index in [0.29, 0.717) is 0 Å². The van der Waals surface area contributed by atoms with Crippen LogP contribution in [0.25, 0.3) is 52.4 Å². The molecular weight excluding hydrogens is 404 g/mol. The molecule has 3 aromatic carbocycles. The second-order valence-electron chi connectivity index (χ2n) is 8.77. The van der Waals surface area contributed by atoms with Gasteiger partial charge in [0.25, 0.3) is 0 Å². The Kier molecular flexibility index (Phi) is 3.80. The van der Waals surface area contributed by atoms with Crippen molar-refractivity contribution in [2.24, 2.45) is 0 Å². The second kappa shape index (κ2) is 6.34. The molecule has 0 N–H and O–H groups in total. The van der Waals surface area contributed by atoms with Crippen LogP contribution in [0.2, 0.25) is 0 Å². The normalized spacial score (nSPS) is 12.5. The molecule has 3 heterocycles. The molecule has 0 atom stereocenters. The molecule has 0 amide bonds. The van der Waals surface area contributed by atoms with E-state index in [1.807, 2.05) is 0 Å². The molecule has 0 fully saturated rings. The lowest BCUT2D eigenvalue weighted by atomic mass is 9.82. The first-order chi connectivity index (χ1) is 14.5. The number of aromatic nitrogens is 2. The van der Waals surface area contributed by atoms with Crippen LogP contribution in [0.4, 0.5) is 0 Å². The van der Waals surface area contributed by atoms with Crippen LogP contribution in [-0.2, 0) is 5.41 Å². The lowest BCUT2D eigenvalue weighted by Crippen LogP contribution is -2.12. The summed E-state index contributed by atoms with van der Waals surface area (Å²) in [6.07, 6.45) is 1.72. The van der Waals surface area contributed by atoms with Crippen LogP contribution in [0.15, 0.2) is 66.3 Å². The van der Waals surface area contributed by atoms with Gasteiger partial charge in [-0.3, -0.25) is 0 Å². The first-order valence-corrected chi connectivity index (χ1v) is 11.8. The molecule has 0 aliphatic rings. The van der Waals surface area contributed by atoms with Gasteiger partial charge in [-0.1, -0.05) is 51.1 Å². The Balaban J connectivity index is 1.71. The zero-order valence-corrected chi connectivity index (χ0v) is 18.7. The first-order valence-electron chi connectivity index (χ1n) is 10.1. The largest absolute Gasteiger partial charge is 0.235 e. The van der Waals surface area contributed by atoms with Crippen LogP contribution in [0.1, 0.15) is 26.3 Å². The molecule has 0 bridgehead atoms. The third-order valence-electron chi connectivity index (χ3n) is 5.78. The van der Waals surface area contributed by atoms with Gasteiger partial charge in [-0.2, -0.15) is 0 Å². The summed E-state index contributed by atoms with van der Waals surface area (Å²) in [6, 6.07) is 19.9. The third-order valence-corrected chi connectivity index (χ3v) is 7.88. The molecule has 0 saturated heterocycles. The highest BCUT2D eigenvalue weighted by molar-refractivity contribution is 7.27. The van der Waals surface area contributed by atoms with Gasteiger partial charge in [0.15, 0.2) is 0 Å². The van der Waals surface area contributed by atoms with Crippen molar-refractivity contribution in [2.45, 2.75) is 26.2 Å². The maximum atomic E-state index is 4.77. The summed E-state index contributed by atoms with van der Waals surface area (Å²) < 4.78 is 3.76. The van der Waals surface area contributed by atoms with E-state index >= 15 is 0 Å². The lowest BCUT2D eigenvalue weighted by molar-refractivity contribution is 0.596. The number of thiophene rings is 2. The van der Waals surface area contributed by atoms with Crippen molar-refractivity contribution >= 4 is 63.8 Å². The van der Waals surface area contributed by atoms with Gasteiger partial charge in [0.1, 0.15) is 6.33 Å². The summed E-state index contributed by atoms with van der Waals surface area (Å²) >= 11 is 3.59. The maximum absolute atomic E-state index is 4.77. The molecule has 0 spiro atoms. The van der Waals surface area contributed by atoms with Gasteiger partial charge >= 0.3 is 0 Å². The molecule has 0 aliphatic carbocycles. The van der Waals surface area contributed by atoms with Crippen LogP contribution in [-0.4, -0.2) is 9.97 Å². The molecule has 0 saturated carbocycles. The van der Waals surface area contributed by atoms with E-state index < -0.39 is 0 Å². The van der Waals surface area contributed by atoms with E-state index in [-0.39, 0.29) is 5.41 Å². The average molecular weight is 425 g/mol. The monoisotopic (exact) mass is 424 g/mol. The highest BCUT2D eigenvalue weighted by Crippen LogP contribution is 2.43. The molecular formula is C26H20N2S2. The van der Waals surface area contributed by atoms with Gasteiger partial charge in [-0.15, -0.1) is 22.7 Å². The number of hydrogen-bond donors (Lipinski definition) is 0. The molecule has 146 valence electrons. The number of hydrogen-bond acceptors (Lipinski definition) is 4. The standard InChI is InChI=1S/C26H20N2S2/c1-26(2,3)19-13-17(12-16-6-4-5-7-18(16)19)22-25-23(28-14-27-22)21-20(30-25)9-8-15-10-11-29-24(15)21/h4-14H,1-3H3. The Morgan fingerprint density at radius 3 is 2.57 bits per heavy atom. The maximum Gasteiger partial charge on any atom is 0.116 e. The molecule has 3 aromatic heterocycles. The third kappa shape index (κ3) is 2.60. The summed E-state index contributed by atoms with van der Waals surface area (Å²) in [5.74, 6) is 0. The molecule has 0 aliphatic heterocycles. The molecule has 2 nitrogen and oxygen atoms in total. The highest BCUT2D eigenvalue weighted by atomic mass is 32.1. The van der Waals surface area contributed by atoms with Crippen LogP contribution >= 0.6 is 22.7 Å². The summed E-state index contributed by atoms with van der Waals surface area (Å²) in [5.41, 5.74) is 4.66. The Bertz CT molecular complexity index is 1580. The summed E-state index contributed by atoms with van der Waals surface area (Å²) in [4.78, 5) is 9.50. The highest BCUT2D eigenvalue weighted by Gasteiger charge is 2.21. The quantitative estimate of drug-likeness (QED) is 0.266. The van der Waals surface area contributed by atoms with Crippen LogP contribution in [0.3, 0.4) is 0 Å². The van der Waals surface area contributed by atoms with E-state index in [4.69, 9.17) is 9.97 Å². The molecule has 0 radical (unpaired) electrons. The van der Waals surface area contributed by atoms with Crippen molar-refractivity contribution < 1.29 is 0 Å². The Hall–Kier alpha value is -2.82. The fraction of sp³-hybridized carbons (Fsp3) is 0.154. The van der Waals surface area contributed by atoms with E-state index in [2.05, 4.69) is 80.7 Å². The van der Waals surface area contributed by atoms with Crippen LogP contribution in [0.5, 0.6) is 0 Å². The molecule has 6 aromatic rings. The van der Waals surface area contributed by atoms with E-state index in [1.54, 1.807) is 29.0 Å². The first kappa shape index (κ1) is 18.0. The van der Waals surface area contributed by atoms with Crippen molar-refractivity contribution in [3.8, 4) is 11.3 Å². The number of nitrogens with zero attached hydrogens (tertiary/aromatic N) is 2. The van der Waals surface area contributed by atoms with E-state index in [9.17, 15) is 0 Å². The molecule has 4 heteroatoms. The zero-order valence-electron chi connectivity index (χ0n) is 17.1. The van der Waals surface area contributed by atoms with Crippen molar-refractivity contribution in [3.05, 3.63) is 71.9 Å². The minimum absolute atomic E-state index is 0.0467. The second-order valence-corrected chi connectivity index (χ2v) is 10.7. The molecule has 6 rings (SSSR count). The Morgan fingerprint density at radius 1 is 0.833 bits per heavy atom. The van der Waals surface area contributed by atoms with Crippen LogP contribution < -0.4 is 0 Å². The van der Waals surface area contributed by atoms with Gasteiger partial charge in [-0.25, -0.2) is 9.97 Å². The number of fused-ring (bicyclic) bond motifs is 6. The van der Waals surface area contributed by atoms with E-state index in [1.165, 1.54) is 46.8 Å². The smallest absolute Gasteiger partial charge is 0.116 e. The predicted octanol–water partition coefficient (Wildman–Crippen LogP) is 8.18. The lowest BCUT2D eigenvalue weighted by Gasteiger charge is -2.22. The molecule has 0 unspecified atom stereocenters. The average Bonchev–Trinajstić information content (AvgIpc) is 3.35. The van der Waals surface area contributed by atoms with Crippen molar-refractivity contribution in [1.82, 2.24) is 9.97 Å². The Labute approximate surface area is 182 Å². The van der Waals surface area contributed by atoms with Crippen molar-refractivity contribution in [3.63, 3.8) is 0 Å².